The van der Waals surface area contributed by atoms with Crippen LogP contribution >= 0.6 is 0 Å². The average molecular weight is 299 g/mol. The summed E-state index contributed by atoms with van der Waals surface area (Å²) < 4.78 is 7.34. The maximum Gasteiger partial charge on any atom is 0.261 e. The van der Waals surface area contributed by atoms with Gasteiger partial charge in [-0.15, -0.1) is 0 Å². The molecule has 2 aromatic rings. The lowest BCUT2D eigenvalue weighted by Crippen LogP contribution is -2.28. The molecule has 0 bridgehead atoms. The highest BCUT2D eigenvalue weighted by molar-refractivity contribution is 5.94. The molecule has 0 aliphatic rings. The SMILES string of the molecule is CC(C)COc1ccccc1-c1ccc(C(=N)N)c(=O)n1C. The molecule has 0 spiro atoms. The molecule has 5 nitrogen and oxygen atoms in total. The van der Waals surface area contributed by atoms with E-state index in [2.05, 4.69) is 13.8 Å². The zero-order valence-electron chi connectivity index (χ0n) is 13.1. The van der Waals surface area contributed by atoms with Crippen molar-refractivity contribution >= 4 is 5.84 Å². The van der Waals surface area contributed by atoms with Crippen molar-refractivity contribution in [1.82, 2.24) is 4.57 Å². The van der Waals surface area contributed by atoms with Crippen LogP contribution in [0, 0.1) is 11.3 Å². The predicted octanol–water partition coefficient (Wildman–Crippen LogP) is 2.37. The van der Waals surface area contributed by atoms with Gasteiger partial charge in [-0.1, -0.05) is 26.0 Å². The first kappa shape index (κ1) is 15.8. The molecule has 0 fully saturated rings. The highest BCUT2D eigenvalue weighted by Crippen LogP contribution is 2.29. The Kier molecular flexibility index (Phi) is 4.65. The summed E-state index contributed by atoms with van der Waals surface area (Å²) in [6.45, 7) is 4.77. The van der Waals surface area contributed by atoms with Crippen LogP contribution in [0.1, 0.15) is 19.4 Å². The summed E-state index contributed by atoms with van der Waals surface area (Å²) in [5.74, 6) is 0.926. The molecule has 5 heteroatoms. The van der Waals surface area contributed by atoms with Crippen molar-refractivity contribution in [1.29, 1.82) is 5.41 Å². The minimum atomic E-state index is -0.288. The van der Waals surface area contributed by atoms with Crippen LogP contribution < -0.4 is 16.0 Å². The fraction of sp³-hybridized carbons (Fsp3) is 0.294. The molecule has 1 aromatic heterocycles. The Labute approximate surface area is 129 Å². The predicted molar refractivity (Wildman–Crippen MR) is 88.5 cm³/mol. The van der Waals surface area contributed by atoms with Gasteiger partial charge in [0.15, 0.2) is 0 Å². The van der Waals surface area contributed by atoms with E-state index in [-0.39, 0.29) is 17.0 Å². The molecule has 0 saturated heterocycles. The van der Waals surface area contributed by atoms with Crippen LogP contribution in [0.2, 0.25) is 0 Å². The number of benzene rings is 1. The van der Waals surface area contributed by atoms with Crippen molar-refractivity contribution in [2.75, 3.05) is 6.61 Å². The quantitative estimate of drug-likeness (QED) is 0.657. The molecule has 0 atom stereocenters. The molecule has 1 heterocycles. The number of nitrogens with zero attached hydrogens (tertiary/aromatic N) is 1. The maximum atomic E-state index is 12.3. The van der Waals surface area contributed by atoms with Gasteiger partial charge in [-0.25, -0.2) is 0 Å². The summed E-state index contributed by atoms with van der Waals surface area (Å²) in [6, 6.07) is 11.0. The van der Waals surface area contributed by atoms with E-state index in [0.29, 0.717) is 12.5 Å². The number of aromatic nitrogens is 1. The first-order valence-electron chi connectivity index (χ1n) is 7.18. The molecule has 0 aliphatic carbocycles. The van der Waals surface area contributed by atoms with Crippen LogP contribution in [0.15, 0.2) is 41.2 Å². The van der Waals surface area contributed by atoms with Crippen LogP contribution in [0.5, 0.6) is 5.75 Å². The number of nitrogens with two attached hydrogens (primary N) is 1. The summed E-state index contributed by atoms with van der Waals surface area (Å²) in [4.78, 5) is 12.3. The standard InChI is InChI=1S/C17H21N3O2/c1-11(2)10-22-15-7-5-4-6-12(15)14-9-8-13(16(18)19)17(21)20(14)3/h4-9,11H,10H2,1-3H3,(H3,18,19). The third-order valence-electron chi connectivity index (χ3n) is 3.33. The largest absolute Gasteiger partial charge is 0.493 e. The second kappa shape index (κ2) is 6.47. The normalized spacial score (nSPS) is 10.7. The molecule has 22 heavy (non-hydrogen) atoms. The minimum absolute atomic E-state index is 0.201. The number of ether oxygens (including phenoxy) is 1. The van der Waals surface area contributed by atoms with Gasteiger partial charge in [0.2, 0.25) is 0 Å². The number of rotatable bonds is 5. The highest BCUT2D eigenvalue weighted by atomic mass is 16.5. The Morgan fingerprint density at radius 1 is 1.27 bits per heavy atom. The summed E-state index contributed by atoms with van der Waals surface area (Å²) in [7, 11) is 1.67. The van der Waals surface area contributed by atoms with Crippen molar-refractivity contribution in [2.45, 2.75) is 13.8 Å². The summed E-state index contributed by atoms with van der Waals surface area (Å²) in [6.07, 6.45) is 0. The number of nitrogens with one attached hydrogen (secondary N) is 1. The third kappa shape index (κ3) is 3.19. The molecule has 0 radical (unpaired) electrons. The van der Waals surface area contributed by atoms with Gasteiger partial charge in [-0.05, 0) is 30.2 Å². The van der Waals surface area contributed by atoms with Crippen molar-refractivity contribution in [3.05, 3.63) is 52.3 Å². The zero-order valence-corrected chi connectivity index (χ0v) is 13.1. The van der Waals surface area contributed by atoms with Crippen molar-refractivity contribution < 1.29 is 4.74 Å². The van der Waals surface area contributed by atoms with E-state index < -0.39 is 0 Å². The molecule has 2 rings (SSSR count). The van der Waals surface area contributed by atoms with Crippen LogP contribution in [-0.2, 0) is 7.05 Å². The van der Waals surface area contributed by atoms with E-state index in [4.69, 9.17) is 15.9 Å². The Hall–Kier alpha value is -2.56. The number of nitrogen functional groups attached to an aromatic ring is 1. The molecule has 0 amide bonds. The second-order valence-corrected chi connectivity index (χ2v) is 5.61. The van der Waals surface area contributed by atoms with Gasteiger partial charge >= 0.3 is 0 Å². The van der Waals surface area contributed by atoms with Gasteiger partial charge < -0.3 is 15.0 Å². The summed E-state index contributed by atoms with van der Waals surface area (Å²) in [5.41, 5.74) is 6.92. The number of hydrogen-bond acceptors (Lipinski definition) is 3. The molecule has 0 saturated carbocycles. The third-order valence-corrected chi connectivity index (χ3v) is 3.33. The van der Waals surface area contributed by atoms with Gasteiger partial charge in [0, 0.05) is 12.6 Å². The second-order valence-electron chi connectivity index (χ2n) is 5.61. The first-order valence-corrected chi connectivity index (χ1v) is 7.18. The maximum absolute atomic E-state index is 12.3. The van der Waals surface area contributed by atoms with Crippen molar-refractivity contribution in [2.24, 2.45) is 18.7 Å². The number of hydrogen-bond donors (Lipinski definition) is 2. The van der Waals surface area contributed by atoms with E-state index in [1.165, 1.54) is 4.57 Å². The van der Waals surface area contributed by atoms with Gasteiger partial charge in [0.25, 0.3) is 5.56 Å². The Morgan fingerprint density at radius 3 is 2.59 bits per heavy atom. The van der Waals surface area contributed by atoms with Gasteiger partial charge in [-0.2, -0.15) is 0 Å². The molecule has 0 unspecified atom stereocenters. The Morgan fingerprint density at radius 2 is 1.95 bits per heavy atom. The van der Waals surface area contributed by atoms with Crippen molar-refractivity contribution in [3.63, 3.8) is 0 Å². The van der Waals surface area contributed by atoms with E-state index in [0.717, 1.165) is 17.0 Å². The average Bonchev–Trinajstić information content (AvgIpc) is 2.48. The lowest BCUT2D eigenvalue weighted by Gasteiger charge is -2.15. The van der Waals surface area contributed by atoms with Crippen LogP contribution in [-0.4, -0.2) is 17.0 Å². The smallest absolute Gasteiger partial charge is 0.261 e. The fourth-order valence-electron chi connectivity index (χ4n) is 2.17. The minimum Gasteiger partial charge on any atom is -0.493 e. The molecule has 1 aromatic carbocycles. The van der Waals surface area contributed by atoms with Crippen LogP contribution in [0.3, 0.4) is 0 Å². The molecule has 0 aliphatic heterocycles. The molecule has 116 valence electrons. The lowest BCUT2D eigenvalue weighted by atomic mass is 10.1. The van der Waals surface area contributed by atoms with E-state index in [1.807, 2.05) is 24.3 Å². The fourth-order valence-corrected chi connectivity index (χ4v) is 2.17. The van der Waals surface area contributed by atoms with Gasteiger partial charge in [0.05, 0.1) is 17.9 Å². The zero-order chi connectivity index (χ0) is 16.3. The monoisotopic (exact) mass is 299 g/mol. The number of amidine groups is 1. The van der Waals surface area contributed by atoms with E-state index >= 15 is 0 Å². The van der Waals surface area contributed by atoms with Crippen LogP contribution in [0.25, 0.3) is 11.3 Å². The molecular formula is C17H21N3O2. The van der Waals surface area contributed by atoms with E-state index in [1.54, 1.807) is 19.2 Å². The summed E-state index contributed by atoms with van der Waals surface area (Å²) in [5, 5.41) is 7.44. The van der Waals surface area contributed by atoms with Crippen molar-refractivity contribution in [3.8, 4) is 17.0 Å². The summed E-state index contributed by atoms with van der Waals surface area (Å²) >= 11 is 0. The van der Waals surface area contributed by atoms with Gasteiger partial charge in [0.1, 0.15) is 11.6 Å². The highest BCUT2D eigenvalue weighted by Gasteiger charge is 2.13. The molecular weight excluding hydrogens is 278 g/mol. The Balaban J connectivity index is 2.51. The Bertz CT molecular complexity index is 748. The molecule has 3 N–H and O–H groups in total. The first-order chi connectivity index (χ1) is 10.4. The van der Waals surface area contributed by atoms with Gasteiger partial charge in [-0.3, -0.25) is 10.2 Å². The topological polar surface area (TPSA) is 81.1 Å². The number of pyridine rings is 1. The van der Waals surface area contributed by atoms with Crippen LogP contribution in [0.4, 0.5) is 0 Å². The lowest BCUT2D eigenvalue weighted by molar-refractivity contribution is 0.272. The number of para-hydroxylation sites is 1. The van der Waals surface area contributed by atoms with E-state index in [9.17, 15) is 4.79 Å².